The standard InChI is InChI=1S/C20H20N2O2S/c1-11-8-12(2)22-20-17(11)13(3)18(25-20)19(23)21-10-14-4-5-16-15(9-14)6-7-24-16/h4-5,8-9H,6-7,10H2,1-3H3,(H,21,23). The number of carbonyl (C=O) groups excluding carboxylic acids is 1. The molecule has 0 atom stereocenters. The molecule has 5 heteroatoms. The maximum atomic E-state index is 12.7. The van der Waals surface area contributed by atoms with Crippen LogP contribution in [0.15, 0.2) is 24.3 Å². The molecule has 3 heterocycles. The van der Waals surface area contributed by atoms with Gasteiger partial charge in [-0.1, -0.05) is 12.1 Å². The average molecular weight is 352 g/mol. The first-order valence-corrected chi connectivity index (χ1v) is 9.24. The largest absolute Gasteiger partial charge is 0.493 e. The van der Waals surface area contributed by atoms with E-state index >= 15 is 0 Å². The van der Waals surface area contributed by atoms with Crippen molar-refractivity contribution >= 4 is 27.5 Å². The van der Waals surface area contributed by atoms with Crippen molar-refractivity contribution in [3.05, 3.63) is 57.1 Å². The number of ether oxygens (including phenoxy) is 1. The van der Waals surface area contributed by atoms with Crippen molar-refractivity contribution in [1.82, 2.24) is 10.3 Å². The van der Waals surface area contributed by atoms with Crippen molar-refractivity contribution in [2.24, 2.45) is 0 Å². The number of pyridine rings is 1. The van der Waals surface area contributed by atoms with E-state index in [2.05, 4.69) is 29.4 Å². The van der Waals surface area contributed by atoms with E-state index < -0.39 is 0 Å². The Morgan fingerprint density at radius 1 is 1.28 bits per heavy atom. The summed E-state index contributed by atoms with van der Waals surface area (Å²) in [5.41, 5.74) is 5.50. The van der Waals surface area contributed by atoms with E-state index in [9.17, 15) is 4.79 Å². The van der Waals surface area contributed by atoms with Crippen molar-refractivity contribution in [2.75, 3.05) is 6.61 Å². The van der Waals surface area contributed by atoms with Crippen LogP contribution in [0, 0.1) is 20.8 Å². The Balaban J connectivity index is 1.56. The highest BCUT2D eigenvalue weighted by Crippen LogP contribution is 2.32. The molecule has 0 aliphatic carbocycles. The minimum absolute atomic E-state index is 0.0331. The van der Waals surface area contributed by atoms with Crippen LogP contribution in [0.5, 0.6) is 5.75 Å². The topological polar surface area (TPSA) is 51.2 Å². The number of aromatic nitrogens is 1. The van der Waals surface area contributed by atoms with Crippen molar-refractivity contribution in [2.45, 2.75) is 33.7 Å². The molecule has 2 aromatic heterocycles. The smallest absolute Gasteiger partial charge is 0.261 e. The summed E-state index contributed by atoms with van der Waals surface area (Å²) in [5, 5.41) is 4.15. The summed E-state index contributed by atoms with van der Waals surface area (Å²) < 4.78 is 5.53. The minimum Gasteiger partial charge on any atom is -0.493 e. The molecule has 4 rings (SSSR count). The summed E-state index contributed by atoms with van der Waals surface area (Å²) in [5.74, 6) is 0.932. The van der Waals surface area contributed by atoms with Gasteiger partial charge in [0, 0.05) is 24.0 Å². The van der Waals surface area contributed by atoms with Crippen molar-refractivity contribution in [3.63, 3.8) is 0 Å². The fourth-order valence-corrected chi connectivity index (χ4v) is 4.67. The van der Waals surface area contributed by atoms with Crippen LogP contribution in [0.4, 0.5) is 0 Å². The Morgan fingerprint density at radius 2 is 2.12 bits per heavy atom. The van der Waals surface area contributed by atoms with Crippen LogP contribution in [0.2, 0.25) is 0 Å². The summed E-state index contributed by atoms with van der Waals surface area (Å²) in [6.45, 7) is 7.33. The Hall–Kier alpha value is -2.40. The van der Waals surface area contributed by atoms with Crippen LogP contribution in [0.25, 0.3) is 10.2 Å². The molecular weight excluding hydrogens is 332 g/mol. The zero-order valence-corrected chi connectivity index (χ0v) is 15.4. The molecule has 25 heavy (non-hydrogen) atoms. The molecule has 0 saturated carbocycles. The highest BCUT2D eigenvalue weighted by atomic mass is 32.1. The maximum Gasteiger partial charge on any atom is 0.261 e. The predicted octanol–water partition coefficient (Wildman–Crippen LogP) is 4.09. The summed E-state index contributed by atoms with van der Waals surface area (Å²) in [4.78, 5) is 19.0. The number of hydrogen-bond acceptors (Lipinski definition) is 4. The van der Waals surface area contributed by atoms with Crippen LogP contribution < -0.4 is 10.1 Å². The number of fused-ring (bicyclic) bond motifs is 2. The Kier molecular flexibility index (Phi) is 3.96. The third kappa shape index (κ3) is 2.89. The average Bonchev–Trinajstić information content (AvgIpc) is 3.16. The number of nitrogens with zero attached hydrogens (tertiary/aromatic N) is 1. The Bertz CT molecular complexity index is 991. The van der Waals surface area contributed by atoms with E-state index in [1.54, 1.807) is 0 Å². The van der Waals surface area contributed by atoms with Crippen LogP contribution in [-0.4, -0.2) is 17.5 Å². The fourth-order valence-electron chi connectivity index (χ4n) is 3.45. The van der Waals surface area contributed by atoms with Gasteiger partial charge in [0.2, 0.25) is 0 Å². The molecule has 1 aromatic carbocycles. The number of carbonyl (C=O) groups is 1. The van der Waals surface area contributed by atoms with E-state index in [-0.39, 0.29) is 5.91 Å². The molecule has 1 aliphatic rings. The van der Waals surface area contributed by atoms with Gasteiger partial charge in [-0.15, -0.1) is 11.3 Å². The number of thiophene rings is 1. The Morgan fingerprint density at radius 3 is 2.96 bits per heavy atom. The lowest BCUT2D eigenvalue weighted by Gasteiger charge is -2.06. The molecule has 1 amide bonds. The van der Waals surface area contributed by atoms with Crippen LogP contribution in [0.1, 0.15) is 37.6 Å². The second kappa shape index (κ2) is 6.15. The minimum atomic E-state index is -0.0331. The monoisotopic (exact) mass is 352 g/mol. The number of rotatable bonds is 3. The van der Waals surface area contributed by atoms with Gasteiger partial charge in [0.25, 0.3) is 5.91 Å². The summed E-state index contributed by atoms with van der Waals surface area (Å²) in [6.07, 6.45) is 0.941. The number of nitrogens with one attached hydrogen (secondary N) is 1. The number of amides is 1. The zero-order valence-electron chi connectivity index (χ0n) is 14.6. The first-order chi connectivity index (χ1) is 12.0. The first-order valence-electron chi connectivity index (χ1n) is 8.43. The molecule has 0 spiro atoms. The number of aryl methyl sites for hydroxylation is 3. The molecule has 1 N–H and O–H groups in total. The van der Waals surface area contributed by atoms with Gasteiger partial charge in [-0.2, -0.15) is 0 Å². The second-order valence-electron chi connectivity index (χ2n) is 6.54. The molecule has 0 radical (unpaired) electrons. The van der Waals surface area contributed by atoms with Gasteiger partial charge in [-0.05, 0) is 55.2 Å². The highest BCUT2D eigenvalue weighted by molar-refractivity contribution is 7.20. The van der Waals surface area contributed by atoms with Crippen molar-refractivity contribution < 1.29 is 9.53 Å². The Labute approximate surface area is 150 Å². The molecule has 0 saturated heterocycles. The van der Waals surface area contributed by atoms with Crippen LogP contribution in [0.3, 0.4) is 0 Å². The quantitative estimate of drug-likeness (QED) is 0.772. The molecule has 4 nitrogen and oxygen atoms in total. The molecule has 0 bridgehead atoms. The molecule has 1 aliphatic heterocycles. The third-order valence-electron chi connectivity index (χ3n) is 4.64. The third-order valence-corrected chi connectivity index (χ3v) is 5.82. The maximum absolute atomic E-state index is 12.7. The van der Waals surface area contributed by atoms with Crippen LogP contribution >= 0.6 is 11.3 Å². The van der Waals surface area contributed by atoms with Gasteiger partial charge in [0.15, 0.2) is 0 Å². The SMILES string of the molecule is Cc1cc(C)c2c(C)c(C(=O)NCc3ccc4c(c3)CCO4)sc2n1. The van der Waals surface area contributed by atoms with E-state index in [0.29, 0.717) is 6.54 Å². The van der Waals surface area contributed by atoms with Gasteiger partial charge in [-0.3, -0.25) is 4.79 Å². The van der Waals surface area contributed by atoms with E-state index in [1.807, 2.05) is 26.0 Å². The molecule has 128 valence electrons. The lowest BCUT2D eigenvalue weighted by Crippen LogP contribution is -2.22. The summed E-state index contributed by atoms with van der Waals surface area (Å²) >= 11 is 1.47. The zero-order chi connectivity index (χ0) is 17.6. The number of hydrogen-bond donors (Lipinski definition) is 1. The lowest BCUT2D eigenvalue weighted by atomic mass is 10.1. The van der Waals surface area contributed by atoms with Gasteiger partial charge in [-0.25, -0.2) is 4.98 Å². The molecule has 0 fully saturated rings. The first kappa shape index (κ1) is 16.1. The van der Waals surface area contributed by atoms with Crippen molar-refractivity contribution in [1.29, 1.82) is 0 Å². The van der Waals surface area contributed by atoms with Crippen LogP contribution in [-0.2, 0) is 13.0 Å². The molecule has 3 aromatic rings. The summed E-state index contributed by atoms with van der Waals surface area (Å²) in [7, 11) is 0. The molecular formula is C20H20N2O2S. The van der Waals surface area contributed by atoms with E-state index in [0.717, 1.165) is 50.7 Å². The van der Waals surface area contributed by atoms with E-state index in [1.165, 1.54) is 22.5 Å². The lowest BCUT2D eigenvalue weighted by molar-refractivity contribution is 0.0954. The van der Waals surface area contributed by atoms with E-state index in [4.69, 9.17) is 4.74 Å². The van der Waals surface area contributed by atoms with Gasteiger partial charge in [0.05, 0.1) is 11.5 Å². The normalized spacial score (nSPS) is 12.9. The van der Waals surface area contributed by atoms with Crippen molar-refractivity contribution in [3.8, 4) is 5.75 Å². The van der Waals surface area contributed by atoms with Gasteiger partial charge < -0.3 is 10.1 Å². The second-order valence-corrected chi connectivity index (χ2v) is 7.54. The fraction of sp³-hybridized carbons (Fsp3) is 0.300. The highest BCUT2D eigenvalue weighted by Gasteiger charge is 2.18. The summed E-state index contributed by atoms with van der Waals surface area (Å²) in [6, 6.07) is 8.19. The number of benzene rings is 1. The molecule has 0 unspecified atom stereocenters. The van der Waals surface area contributed by atoms with Gasteiger partial charge in [0.1, 0.15) is 10.6 Å². The predicted molar refractivity (Wildman–Crippen MR) is 101 cm³/mol. The van der Waals surface area contributed by atoms with Gasteiger partial charge >= 0.3 is 0 Å².